The first-order valence-electron chi connectivity index (χ1n) is 16.2. The van der Waals surface area contributed by atoms with Crippen molar-refractivity contribution >= 4 is 25.4 Å². The minimum Gasteiger partial charge on any atom is -0.417 e. The lowest BCUT2D eigenvalue weighted by Gasteiger charge is -2.52. The Labute approximate surface area is 233 Å². The third-order valence-corrected chi connectivity index (χ3v) is 21.1. The second-order valence-corrected chi connectivity index (χ2v) is 25.2. The molecule has 0 saturated carbocycles. The average Bonchev–Trinajstić information content (AvgIpc) is 2.85. The molecule has 0 aromatic heterocycles. The van der Waals surface area contributed by atoms with Gasteiger partial charge in [-0.05, 0) is 50.5 Å². The molecule has 0 aromatic carbocycles. The van der Waals surface area contributed by atoms with E-state index in [1.807, 2.05) is 0 Å². The summed E-state index contributed by atoms with van der Waals surface area (Å²) in [6.45, 7) is 29.2. The zero-order valence-corrected chi connectivity index (χ0v) is 30.4. The van der Waals surface area contributed by atoms with Crippen molar-refractivity contribution < 1.29 is 8.85 Å². The quantitative estimate of drug-likeness (QED) is 0.0916. The van der Waals surface area contributed by atoms with Gasteiger partial charge in [0.25, 0.3) is 0 Å². The van der Waals surface area contributed by atoms with Crippen molar-refractivity contribution in [3.05, 3.63) is 0 Å². The fraction of sp³-hybridized carbons (Fsp3) is 1.00. The molecule has 0 bridgehead atoms. The molecule has 0 aliphatic heterocycles. The molecule has 218 valence electrons. The highest BCUT2D eigenvalue weighted by atomic mass is 28.4. The standard InChI is InChI=1S/C31H70O2Si3/c1-13-18-19-20-21-22-23-24-25-26-27-36(12,33-30(16-4)34(8)9)31(7,17-5)29(15-3)32-35(10,11)28(6)14-2/h28-30,34H,13-27H2,1-12H3. The van der Waals surface area contributed by atoms with Crippen LogP contribution in [0.4, 0.5) is 0 Å². The SMILES string of the molecule is CCCCCCCCCCCC[Si](C)(OC(CC)[SiH](C)C)C(C)(CC)C(CC)O[Si](C)(C)C(C)CC. The molecule has 0 aromatic rings. The Hall–Kier alpha value is 0.571. The summed E-state index contributed by atoms with van der Waals surface area (Å²) in [4.78, 5) is 0. The monoisotopic (exact) mass is 558 g/mol. The third kappa shape index (κ3) is 11.8. The van der Waals surface area contributed by atoms with Crippen LogP contribution < -0.4 is 0 Å². The van der Waals surface area contributed by atoms with Crippen LogP contribution in [0.15, 0.2) is 0 Å². The summed E-state index contributed by atoms with van der Waals surface area (Å²) in [5.74, 6) is 0. The predicted molar refractivity (Wildman–Crippen MR) is 173 cm³/mol. The van der Waals surface area contributed by atoms with E-state index in [1.165, 1.54) is 89.5 Å². The Morgan fingerprint density at radius 1 is 0.694 bits per heavy atom. The van der Waals surface area contributed by atoms with Crippen LogP contribution >= 0.6 is 0 Å². The Balaban J connectivity index is 5.51. The second-order valence-electron chi connectivity index (χ2n) is 13.2. The topological polar surface area (TPSA) is 18.5 Å². The number of hydrogen-bond acceptors (Lipinski definition) is 2. The molecular formula is C31H70O2Si3. The summed E-state index contributed by atoms with van der Waals surface area (Å²) in [6, 6.07) is 1.30. The van der Waals surface area contributed by atoms with Crippen molar-refractivity contribution in [2.24, 2.45) is 0 Å². The van der Waals surface area contributed by atoms with Gasteiger partial charge in [0.2, 0.25) is 0 Å². The van der Waals surface area contributed by atoms with Gasteiger partial charge in [0.15, 0.2) is 16.6 Å². The molecule has 5 atom stereocenters. The molecule has 0 spiro atoms. The van der Waals surface area contributed by atoms with E-state index in [4.69, 9.17) is 8.85 Å². The van der Waals surface area contributed by atoms with Gasteiger partial charge >= 0.3 is 0 Å². The average molecular weight is 559 g/mol. The van der Waals surface area contributed by atoms with Crippen molar-refractivity contribution in [1.82, 2.24) is 0 Å². The first-order chi connectivity index (χ1) is 16.9. The molecule has 2 nitrogen and oxygen atoms in total. The fourth-order valence-corrected chi connectivity index (χ4v) is 15.9. The molecule has 5 heteroatoms. The minimum atomic E-state index is -2.04. The lowest BCUT2D eigenvalue weighted by molar-refractivity contribution is 0.106. The number of rotatable bonds is 23. The van der Waals surface area contributed by atoms with Gasteiger partial charge in [-0.15, -0.1) is 0 Å². The molecule has 5 unspecified atom stereocenters. The van der Waals surface area contributed by atoms with Crippen LogP contribution in [-0.4, -0.2) is 37.3 Å². The third-order valence-electron chi connectivity index (χ3n) is 9.83. The van der Waals surface area contributed by atoms with E-state index in [0.29, 0.717) is 17.4 Å². The summed E-state index contributed by atoms with van der Waals surface area (Å²) in [5, 5.41) is 0.162. The smallest absolute Gasteiger partial charge is 0.197 e. The Bertz CT molecular complexity index is 542. The summed E-state index contributed by atoms with van der Waals surface area (Å²) in [5.41, 5.74) is 1.20. The molecular weight excluding hydrogens is 489 g/mol. The molecule has 0 saturated heterocycles. The normalized spacial score (nSPS) is 18.6. The maximum absolute atomic E-state index is 7.41. The molecule has 0 aliphatic carbocycles. The highest BCUT2D eigenvalue weighted by molar-refractivity contribution is 6.77. The van der Waals surface area contributed by atoms with E-state index < -0.39 is 25.4 Å². The maximum atomic E-state index is 7.41. The fourth-order valence-electron chi connectivity index (χ4n) is 6.03. The van der Waals surface area contributed by atoms with E-state index in [2.05, 4.69) is 81.2 Å². The van der Waals surface area contributed by atoms with E-state index in [0.717, 1.165) is 6.42 Å². The van der Waals surface area contributed by atoms with Crippen LogP contribution in [0, 0.1) is 0 Å². The predicted octanol–water partition coefficient (Wildman–Crippen LogP) is 11.3. The van der Waals surface area contributed by atoms with E-state index in [-0.39, 0.29) is 5.04 Å². The molecule has 0 amide bonds. The maximum Gasteiger partial charge on any atom is 0.197 e. The molecule has 0 radical (unpaired) electrons. The van der Waals surface area contributed by atoms with Gasteiger partial charge in [-0.25, -0.2) is 0 Å². The summed E-state index contributed by atoms with van der Waals surface area (Å²) in [7, 11) is -4.65. The first kappa shape index (κ1) is 36.6. The highest BCUT2D eigenvalue weighted by Gasteiger charge is 2.54. The van der Waals surface area contributed by atoms with Gasteiger partial charge in [0, 0.05) is 16.9 Å². The van der Waals surface area contributed by atoms with E-state index in [9.17, 15) is 0 Å². The highest BCUT2D eigenvalue weighted by Crippen LogP contribution is 2.52. The van der Waals surface area contributed by atoms with Crippen LogP contribution in [-0.2, 0) is 8.85 Å². The summed E-state index contributed by atoms with van der Waals surface area (Å²) < 4.78 is 14.6. The molecule has 0 aliphatic rings. The molecule has 36 heavy (non-hydrogen) atoms. The minimum absolute atomic E-state index is 0.162. The molecule has 0 rings (SSSR count). The zero-order chi connectivity index (χ0) is 27.8. The van der Waals surface area contributed by atoms with Gasteiger partial charge in [-0.2, -0.15) is 0 Å². The van der Waals surface area contributed by atoms with Gasteiger partial charge in [-0.1, -0.05) is 132 Å². The van der Waals surface area contributed by atoms with Gasteiger partial charge in [0.1, 0.15) is 0 Å². The van der Waals surface area contributed by atoms with Crippen molar-refractivity contribution in [3.8, 4) is 0 Å². The summed E-state index contributed by atoms with van der Waals surface area (Å²) >= 11 is 0. The van der Waals surface area contributed by atoms with Crippen LogP contribution in [0.2, 0.25) is 49.4 Å². The Morgan fingerprint density at radius 3 is 1.58 bits per heavy atom. The first-order valence-corrected chi connectivity index (χ1v) is 24.8. The van der Waals surface area contributed by atoms with Gasteiger partial charge < -0.3 is 8.85 Å². The Morgan fingerprint density at radius 2 is 1.19 bits per heavy atom. The number of hydrogen-bond donors (Lipinski definition) is 0. The van der Waals surface area contributed by atoms with E-state index >= 15 is 0 Å². The number of unbranched alkanes of at least 4 members (excludes halogenated alkanes) is 9. The van der Waals surface area contributed by atoms with Gasteiger partial charge in [-0.3, -0.25) is 0 Å². The van der Waals surface area contributed by atoms with Crippen LogP contribution in [0.1, 0.15) is 138 Å². The van der Waals surface area contributed by atoms with Crippen LogP contribution in [0.5, 0.6) is 0 Å². The van der Waals surface area contributed by atoms with Crippen LogP contribution in [0.25, 0.3) is 0 Å². The lowest BCUT2D eigenvalue weighted by atomic mass is 9.98. The largest absolute Gasteiger partial charge is 0.417 e. The zero-order valence-electron chi connectivity index (χ0n) is 27.2. The molecule has 0 heterocycles. The summed E-state index contributed by atoms with van der Waals surface area (Å²) in [6.07, 6.45) is 19.0. The Kier molecular flexibility index (Phi) is 19.1. The van der Waals surface area contributed by atoms with Crippen molar-refractivity contribution in [2.75, 3.05) is 0 Å². The molecule has 0 fully saturated rings. The van der Waals surface area contributed by atoms with Crippen LogP contribution in [0.3, 0.4) is 0 Å². The van der Waals surface area contributed by atoms with Crippen molar-refractivity contribution in [2.45, 2.75) is 200 Å². The second kappa shape index (κ2) is 18.8. The van der Waals surface area contributed by atoms with E-state index in [1.54, 1.807) is 0 Å². The molecule has 0 N–H and O–H groups in total. The van der Waals surface area contributed by atoms with Crippen molar-refractivity contribution in [3.63, 3.8) is 0 Å². The van der Waals surface area contributed by atoms with Gasteiger partial charge in [0.05, 0.1) is 8.80 Å². The van der Waals surface area contributed by atoms with Crippen molar-refractivity contribution in [1.29, 1.82) is 0 Å². The lowest BCUT2D eigenvalue weighted by Crippen LogP contribution is -2.57.